The maximum Gasteiger partial charge on any atom is 0.273 e. The number of hydrogen-bond acceptors (Lipinski definition) is 10. The Labute approximate surface area is 161 Å². The smallest absolute Gasteiger partial charge is 0.273 e. The van der Waals surface area contributed by atoms with Gasteiger partial charge in [-0.1, -0.05) is 11.6 Å². The number of hydrogen-bond donors (Lipinski definition) is 0. The van der Waals surface area contributed by atoms with E-state index in [-0.39, 0.29) is 27.7 Å². The van der Waals surface area contributed by atoms with E-state index in [9.17, 15) is 28.6 Å². The third kappa shape index (κ3) is 3.53. The average Bonchev–Trinajstić information content (AvgIpc) is 3.04. The number of sulfone groups is 1. The number of benzene rings is 1. The molecule has 0 radical (unpaired) electrons. The van der Waals surface area contributed by atoms with Crippen LogP contribution < -0.4 is 0 Å². The van der Waals surface area contributed by atoms with E-state index in [0.717, 1.165) is 18.5 Å². The molecule has 142 valence electrons. The summed E-state index contributed by atoms with van der Waals surface area (Å²) in [4.78, 5) is 34.1. The zero-order chi connectivity index (χ0) is 20.6. The van der Waals surface area contributed by atoms with Crippen molar-refractivity contribution in [3.05, 3.63) is 51.1 Å². The Bertz CT molecular complexity index is 1280. The summed E-state index contributed by atoms with van der Waals surface area (Å²) in [5.41, 5.74) is -0.550. The molecular weight excluding hydrogens is 414 g/mol. The molecule has 3 rings (SSSR count). The van der Waals surface area contributed by atoms with E-state index in [1.165, 1.54) is 12.1 Å². The van der Waals surface area contributed by atoms with E-state index < -0.39 is 37.3 Å². The summed E-state index contributed by atoms with van der Waals surface area (Å²) in [6, 6.07) is 5.29. The van der Waals surface area contributed by atoms with Gasteiger partial charge in [0.05, 0.1) is 28.3 Å². The number of fused-ring (bicyclic) bond motifs is 1. The van der Waals surface area contributed by atoms with E-state index in [2.05, 4.69) is 15.0 Å². The predicted molar refractivity (Wildman–Crippen MR) is 93.5 cm³/mol. The Morgan fingerprint density at radius 1 is 1.39 bits per heavy atom. The summed E-state index contributed by atoms with van der Waals surface area (Å²) in [5, 5.41) is 19.4. The number of nitrogens with zero attached hydrogens (tertiary/aromatic N) is 5. The largest absolute Gasteiger partial charge is 0.438 e. The molecule has 0 aliphatic carbocycles. The highest BCUT2D eigenvalue weighted by Gasteiger charge is 2.31. The van der Waals surface area contributed by atoms with Crippen molar-refractivity contribution in [2.24, 2.45) is 0 Å². The molecule has 0 saturated carbocycles. The summed E-state index contributed by atoms with van der Waals surface area (Å²) < 4.78 is 28.5. The first-order valence-corrected chi connectivity index (χ1v) is 9.60. The van der Waals surface area contributed by atoms with E-state index in [1.54, 1.807) is 6.07 Å². The van der Waals surface area contributed by atoms with E-state index in [4.69, 9.17) is 16.0 Å². The molecule has 0 aliphatic heterocycles. The zero-order valence-electron chi connectivity index (χ0n) is 13.9. The van der Waals surface area contributed by atoms with Gasteiger partial charge in [-0.2, -0.15) is 5.26 Å². The molecule has 1 unspecified atom stereocenters. The Morgan fingerprint density at radius 2 is 2.11 bits per heavy atom. The number of rotatable bonds is 5. The minimum absolute atomic E-state index is 0.00265. The molecule has 13 heteroatoms. The van der Waals surface area contributed by atoms with Crippen molar-refractivity contribution in [2.45, 2.75) is 11.1 Å². The second-order valence-corrected chi connectivity index (χ2v) is 7.83. The van der Waals surface area contributed by atoms with E-state index >= 15 is 0 Å². The molecule has 1 atom stereocenters. The van der Waals surface area contributed by atoms with Gasteiger partial charge in [0.15, 0.2) is 11.5 Å². The third-order valence-corrected chi connectivity index (χ3v) is 4.66. The lowest BCUT2D eigenvalue weighted by Crippen LogP contribution is -2.16. The van der Waals surface area contributed by atoms with Gasteiger partial charge < -0.3 is 4.42 Å². The van der Waals surface area contributed by atoms with Gasteiger partial charge in [-0.15, -0.1) is 0 Å². The first-order chi connectivity index (χ1) is 13.1. The summed E-state index contributed by atoms with van der Waals surface area (Å²) in [6.07, 6.45) is 1.78. The van der Waals surface area contributed by atoms with Crippen LogP contribution in [0.3, 0.4) is 0 Å². The van der Waals surface area contributed by atoms with Crippen molar-refractivity contribution >= 4 is 44.0 Å². The van der Waals surface area contributed by atoms with Crippen molar-refractivity contribution in [3.63, 3.8) is 0 Å². The van der Waals surface area contributed by atoms with Gasteiger partial charge in [-0.25, -0.2) is 23.4 Å². The number of aromatic nitrogens is 3. The number of halogens is 1. The van der Waals surface area contributed by atoms with Crippen molar-refractivity contribution in [2.75, 3.05) is 6.26 Å². The first-order valence-electron chi connectivity index (χ1n) is 7.33. The molecule has 0 fully saturated rings. The summed E-state index contributed by atoms with van der Waals surface area (Å²) >= 11 is 5.89. The summed E-state index contributed by atoms with van der Waals surface area (Å²) in [6.45, 7) is 0. The molecule has 0 aliphatic rings. The van der Waals surface area contributed by atoms with Gasteiger partial charge in [-0.05, 0) is 6.07 Å². The number of non-ortho nitro benzene ring substituents is 1. The van der Waals surface area contributed by atoms with E-state index in [0.29, 0.717) is 0 Å². The van der Waals surface area contributed by atoms with Gasteiger partial charge >= 0.3 is 0 Å². The van der Waals surface area contributed by atoms with Crippen molar-refractivity contribution in [3.8, 4) is 6.07 Å². The lowest BCUT2D eigenvalue weighted by molar-refractivity contribution is -0.384. The van der Waals surface area contributed by atoms with Gasteiger partial charge in [-0.3, -0.25) is 14.9 Å². The zero-order valence-corrected chi connectivity index (χ0v) is 15.4. The lowest BCUT2D eigenvalue weighted by Gasteiger charge is -2.06. The molecule has 28 heavy (non-hydrogen) atoms. The quantitative estimate of drug-likeness (QED) is 0.257. The second kappa shape index (κ2) is 6.95. The highest BCUT2D eigenvalue weighted by atomic mass is 35.5. The Hall–Kier alpha value is -3.43. The minimum atomic E-state index is -3.82. The van der Waals surface area contributed by atoms with Crippen LogP contribution in [0, 0.1) is 21.4 Å². The van der Waals surface area contributed by atoms with Crippen LogP contribution in [-0.2, 0) is 9.84 Å². The maximum atomic E-state index is 12.7. The normalized spacial score (nSPS) is 12.5. The van der Waals surface area contributed by atoms with Gasteiger partial charge in [0.2, 0.25) is 26.7 Å². The van der Waals surface area contributed by atoms with Gasteiger partial charge in [0, 0.05) is 12.3 Å². The topological polar surface area (TPSA) is 170 Å². The van der Waals surface area contributed by atoms with Crippen LogP contribution in [0.25, 0.3) is 11.1 Å². The van der Waals surface area contributed by atoms with Crippen LogP contribution in [0.1, 0.15) is 22.3 Å². The monoisotopic (exact) mass is 421 g/mol. The predicted octanol–water partition coefficient (Wildman–Crippen LogP) is 2.07. The molecule has 0 amide bonds. The maximum absolute atomic E-state index is 12.7. The Morgan fingerprint density at radius 3 is 2.71 bits per heavy atom. The third-order valence-electron chi connectivity index (χ3n) is 3.52. The van der Waals surface area contributed by atoms with Crippen LogP contribution >= 0.6 is 11.6 Å². The molecule has 3 aromatic rings. The van der Waals surface area contributed by atoms with Crippen molar-refractivity contribution < 1.29 is 22.6 Å². The van der Waals surface area contributed by atoms with Crippen LogP contribution in [0.15, 0.2) is 34.0 Å². The van der Waals surface area contributed by atoms with Crippen LogP contribution in [0.2, 0.25) is 5.02 Å². The number of nitriles is 1. The number of Topliss-reactive ketones (excluding diaryl/α,β-unsaturated/α-hetero) is 1. The number of ketones is 1. The second-order valence-electron chi connectivity index (χ2n) is 5.51. The van der Waals surface area contributed by atoms with Gasteiger partial charge in [0.25, 0.3) is 5.69 Å². The molecule has 1 aromatic carbocycles. The van der Waals surface area contributed by atoms with E-state index in [1.807, 2.05) is 0 Å². The van der Waals surface area contributed by atoms with Crippen LogP contribution in [0.5, 0.6) is 0 Å². The van der Waals surface area contributed by atoms with Gasteiger partial charge in [0.1, 0.15) is 11.2 Å². The fraction of sp³-hybridized carbons (Fsp3) is 0.133. The van der Waals surface area contributed by atoms with Crippen molar-refractivity contribution in [1.82, 2.24) is 15.0 Å². The Kier molecular flexibility index (Phi) is 4.80. The summed E-state index contributed by atoms with van der Waals surface area (Å²) in [7, 11) is -3.82. The molecule has 2 heterocycles. The highest BCUT2D eigenvalue weighted by molar-refractivity contribution is 7.90. The standard InChI is InChI=1S/C15H8ClN5O6S/c1-28(25,26)15-18-6-9(16)12(20-15)13(22)8(5-17)14-19-10-3-2-7(21(23)24)4-11(10)27-14/h2-4,6,8H,1H3. The number of carbonyl (C=O) groups is 1. The molecule has 0 saturated heterocycles. The molecule has 2 aromatic heterocycles. The lowest BCUT2D eigenvalue weighted by atomic mass is 10.0. The molecule has 0 spiro atoms. The van der Waals surface area contributed by atoms with Crippen LogP contribution in [-0.4, -0.2) is 40.3 Å². The molecule has 0 N–H and O–H groups in total. The first kappa shape index (κ1) is 19.3. The molecule has 11 nitrogen and oxygen atoms in total. The van der Waals surface area contributed by atoms with Crippen molar-refractivity contribution in [1.29, 1.82) is 5.26 Å². The minimum Gasteiger partial charge on any atom is -0.438 e. The fourth-order valence-corrected chi connectivity index (χ4v) is 2.92. The average molecular weight is 422 g/mol. The van der Waals surface area contributed by atoms with Crippen LogP contribution in [0.4, 0.5) is 5.69 Å². The molecular formula is C15H8ClN5O6S. The highest BCUT2D eigenvalue weighted by Crippen LogP contribution is 2.28. The number of nitro groups is 1. The summed E-state index contributed by atoms with van der Waals surface area (Å²) in [5.74, 6) is -2.90. The number of nitro benzene ring substituents is 1. The SMILES string of the molecule is CS(=O)(=O)c1ncc(Cl)c(C(=O)C(C#N)c2nc3ccc([N+](=O)[O-])cc3o2)n1. The Balaban J connectivity index is 2.07. The fourth-order valence-electron chi connectivity index (χ4n) is 2.23. The number of carbonyl (C=O) groups excluding carboxylic acids is 1. The number of oxazole rings is 1. The molecule has 0 bridgehead atoms.